The average Bonchev–Trinajstić information content (AvgIpc) is 2.82. The van der Waals surface area contributed by atoms with Crippen molar-refractivity contribution >= 4 is 40.3 Å². The predicted octanol–water partition coefficient (Wildman–Crippen LogP) is 3.36. The fourth-order valence-corrected chi connectivity index (χ4v) is 3.75. The van der Waals surface area contributed by atoms with Crippen LogP contribution in [0.4, 0.5) is 28.4 Å². The molecule has 8 nitrogen and oxygen atoms in total. The number of anilines is 4. The summed E-state index contributed by atoms with van der Waals surface area (Å²) in [6, 6.07) is 21.4. The molecule has 3 aromatic rings. The van der Waals surface area contributed by atoms with Crippen LogP contribution in [0.2, 0.25) is 0 Å². The first-order valence-corrected chi connectivity index (χ1v) is 10.9. The molecule has 33 heavy (non-hydrogen) atoms. The van der Waals surface area contributed by atoms with E-state index < -0.39 is 0 Å². The molecule has 0 aliphatic carbocycles. The van der Waals surface area contributed by atoms with E-state index in [-0.39, 0.29) is 11.9 Å². The lowest BCUT2D eigenvalue weighted by molar-refractivity contribution is -0.114. The monoisotopic (exact) mass is 443 g/mol. The molecular weight excluding hydrogens is 414 g/mol. The summed E-state index contributed by atoms with van der Waals surface area (Å²) in [7, 11) is 0. The Morgan fingerprint density at radius 2 is 1.52 bits per heavy atom. The molecule has 0 saturated carbocycles. The van der Waals surface area contributed by atoms with Crippen molar-refractivity contribution in [3.05, 3.63) is 66.7 Å². The van der Waals surface area contributed by atoms with Gasteiger partial charge in [-0.15, -0.1) is 0 Å². The van der Waals surface area contributed by atoms with Crippen LogP contribution in [0.25, 0.3) is 11.1 Å². The lowest BCUT2D eigenvalue weighted by Crippen LogP contribution is -2.43. The smallest absolute Gasteiger partial charge is 0.221 e. The number of carbonyl (C=O) groups excluding carboxylic acids is 1. The van der Waals surface area contributed by atoms with Crippen LogP contribution >= 0.6 is 0 Å². The molecule has 0 spiro atoms. The minimum atomic E-state index is -0.103. The van der Waals surface area contributed by atoms with Gasteiger partial charge in [0.15, 0.2) is 5.96 Å². The van der Waals surface area contributed by atoms with Gasteiger partial charge in [0, 0.05) is 50.2 Å². The van der Waals surface area contributed by atoms with Crippen molar-refractivity contribution < 1.29 is 4.79 Å². The maximum Gasteiger partial charge on any atom is 0.221 e. The Kier molecular flexibility index (Phi) is 6.75. The normalized spacial score (nSPS) is 14.1. The van der Waals surface area contributed by atoms with Crippen molar-refractivity contribution in [2.75, 3.05) is 47.4 Å². The zero-order valence-electron chi connectivity index (χ0n) is 18.6. The number of guanidine groups is 1. The van der Waals surface area contributed by atoms with Gasteiger partial charge in [-0.25, -0.2) is 4.99 Å². The summed E-state index contributed by atoms with van der Waals surface area (Å²) in [5, 5.41) is 9.26. The zero-order chi connectivity index (χ0) is 23.2. The third-order valence-corrected chi connectivity index (χ3v) is 5.43. The Morgan fingerprint density at radius 1 is 0.909 bits per heavy atom. The van der Waals surface area contributed by atoms with Gasteiger partial charge >= 0.3 is 0 Å². The first kappa shape index (κ1) is 22.2. The second kappa shape index (κ2) is 10.1. The number of nitrogens with two attached hydrogens (primary N) is 2. The van der Waals surface area contributed by atoms with Gasteiger partial charge in [-0.2, -0.15) is 0 Å². The third kappa shape index (κ3) is 5.81. The summed E-state index contributed by atoms with van der Waals surface area (Å²) in [5.74, 6) is 0.156. The molecule has 1 aliphatic heterocycles. The van der Waals surface area contributed by atoms with Gasteiger partial charge in [-0.1, -0.05) is 18.2 Å². The molecule has 1 aliphatic rings. The number of aliphatic imine (C=N–C) groups is 1. The van der Waals surface area contributed by atoms with Crippen LogP contribution in [-0.2, 0) is 4.79 Å². The molecule has 0 aromatic heterocycles. The third-order valence-electron chi connectivity index (χ3n) is 5.43. The van der Waals surface area contributed by atoms with E-state index in [2.05, 4.69) is 38.0 Å². The Hall–Kier alpha value is -4.04. The van der Waals surface area contributed by atoms with E-state index in [1.165, 1.54) is 12.6 Å². The molecule has 1 saturated heterocycles. The van der Waals surface area contributed by atoms with E-state index in [4.69, 9.17) is 11.5 Å². The van der Waals surface area contributed by atoms with Crippen molar-refractivity contribution in [2.45, 2.75) is 6.92 Å². The first-order valence-electron chi connectivity index (χ1n) is 10.9. The topological polar surface area (TPSA) is 121 Å². The molecular formula is C25H29N7O. The van der Waals surface area contributed by atoms with E-state index >= 15 is 0 Å². The molecule has 1 fully saturated rings. The fourth-order valence-electron chi connectivity index (χ4n) is 3.75. The van der Waals surface area contributed by atoms with Gasteiger partial charge in [-0.05, 0) is 59.7 Å². The predicted molar refractivity (Wildman–Crippen MR) is 137 cm³/mol. The van der Waals surface area contributed by atoms with Gasteiger partial charge in [0.25, 0.3) is 0 Å². The van der Waals surface area contributed by atoms with E-state index in [0.717, 1.165) is 48.7 Å². The Morgan fingerprint density at radius 3 is 2.18 bits per heavy atom. The first-order chi connectivity index (χ1) is 16.0. The van der Waals surface area contributed by atoms with E-state index in [9.17, 15) is 4.79 Å². The van der Waals surface area contributed by atoms with Crippen LogP contribution in [0.1, 0.15) is 6.92 Å². The van der Waals surface area contributed by atoms with Crippen molar-refractivity contribution in [1.29, 1.82) is 0 Å². The van der Waals surface area contributed by atoms with Crippen LogP contribution in [-0.4, -0.2) is 38.0 Å². The molecule has 170 valence electrons. The molecule has 4 rings (SSSR count). The van der Waals surface area contributed by atoms with Gasteiger partial charge in [0.1, 0.15) is 0 Å². The van der Waals surface area contributed by atoms with Gasteiger partial charge in [-0.3, -0.25) is 4.79 Å². The molecule has 8 heteroatoms. The summed E-state index contributed by atoms with van der Waals surface area (Å²) in [6.07, 6.45) is 0. The minimum Gasteiger partial charge on any atom is -0.397 e. The standard InChI is InChI=1S/C25H29N7O/c1-17(33)29-20-5-2-18(3-6-20)19-4-11-23(26)24(16-19)31-25(27)30-21-7-9-22(10-8-21)32-14-12-28-13-15-32/h2-11,16,28H,12-15,26H2,1H3,(H,29,33)(H3,27,30,31). The number of nitrogen functional groups attached to an aromatic ring is 1. The van der Waals surface area contributed by atoms with Crippen LogP contribution in [0, 0.1) is 0 Å². The van der Waals surface area contributed by atoms with Crippen LogP contribution in [0.15, 0.2) is 71.7 Å². The maximum atomic E-state index is 11.2. The summed E-state index contributed by atoms with van der Waals surface area (Å²) in [4.78, 5) is 18.1. The molecule has 0 unspecified atom stereocenters. The number of benzene rings is 3. The number of nitrogens with one attached hydrogen (secondary N) is 3. The van der Waals surface area contributed by atoms with Crippen LogP contribution < -0.4 is 32.3 Å². The van der Waals surface area contributed by atoms with E-state index in [1.807, 2.05) is 54.6 Å². The van der Waals surface area contributed by atoms with Gasteiger partial charge in [0.2, 0.25) is 5.91 Å². The van der Waals surface area contributed by atoms with E-state index in [1.54, 1.807) is 0 Å². The second-order valence-corrected chi connectivity index (χ2v) is 7.94. The van der Waals surface area contributed by atoms with Crippen molar-refractivity contribution in [1.82, 2.24) is 5.32 Å². The fraction of sp³-hybridized carbons (Fsp3) is 0.200. The molecule has 7 N–H and O–H groups in total. The van der Waals surface area contributed by atoms with Crippen molar-refractivity contribution in [2.24, 2.45) is 10.7 Å². The highest BCUT2D eigenvalue weighted by atomic mass is 16.1. The largest absolute Gasteiger partial charge is 0.397 e. The molecule has 1 heterocycles. The Bertz CT molecular complexity index is 1130. The Labute approximate surface area is 193 Å². The number of rotatable bonds is 5. The maximum absolute atomic E-state index is 11.2. The molecule has 0 radical (unpaired) electrons. The number of amides is 1. The summed E-state index contributed by atoms with van der Waals surface area (Å²) < 4.78 is 0. The van der Waals surface area contributed by atoms with Gasteiger partial charge in [0.05, 0.1) is 11.4 Å². The molecule has 3 aromatic carbocycles. The number of nitrogens with zero attached hydrogens (tertiary/aromatic N) is 2. The van der Waals surface area contributed by atoms with Crippen molar-refractivity contribution in [3.63, 3.8) is 0 Å². The number of carbonyl (C=O) groups is 1. The Balaban J connectivity index is 1.47. The van der Waals surface area contributed by atoms with E-state index in [0.29, 0.717) is 11.4 Å². The molecule has 0 atom stereocenters. The quantitative estimate of drug-likeness (QED) is 0.234. The molecule has 1 amide bonds. The number of hydrogen-bond acceptors (Lipinski definition) is 5. The molecule has 0 bridgehead atoms. The summed E-state index contributed by atoms with van der Waals surface area (Å²) >= 11 is 0. The van der Waals surface area contributed by atoms with Crippen LogP contribution in [0.5, 0.6) is 0 Å². The SMILES string of the molecule is CC(=O)Nc1ccc(-c2ccc(N)c(N=C(N)Nc3ccc(N4CCNCC4)cc3)c2)cc1. The average molecular weight is 444 g/mol. The lowest BCUT2D eigenvalue weighted by atomic mass is 10.0. The van der Waals surface area contributed by atoms with Gasteiger partial charge < -0.3 is 32.3 Å². The van der Waals surface area contributed by atoms with Crippen molar-refractivity contribution in [3.8, 4) is 11.1 Å². The second-order valence-electron chi connectivity index (χ2n) is 7.94. The highest BCUT2D eigenvalue weighted by Crippen LogP contribution is 2.30. The zero-order valence-corrected chi connectivity index (χ0v) is 18.6. The highest BCUT2D eigenvalue weighted by Gasteiger charge is 2.10. The van der Waals surface area contributed by atoms with Crippen LogP contribution in [0.3, 0.4) is 0 Å². The lowest BCUT2D eigenvalue weighted by Gasteiger charge is -2.29. The highest BCUT2D eigenvalue weighted by molar-refractivity contribution is 5.95. The number of piperazine rings is 1. The number of hydrogen-bond donors (Lipinski definition) is 5. The summed E-state index contributed by atoms with van der Waals surface area (Å²) in [6.45, 7) is 5.49. The summed E-state index contributed by atoms with van der Waals surface area (Å²) in [5.41, 5.74) is 18.2. The minimum absolute atomic E-state index is 0.103.